The van der Waals surface area contributed by atoms with Crippen LogP contribution >= 0.6 is 0 Å². The largest absolute Gasteiger partial charge is 0.343 e. The van der Waals surface area contributed by atoms with Crippen LogP contribution in [0.15, 0.2) is 0 Å². The third-order valence-electron chi connectivity index (χ3n) is 9.83. The van der Waals surface area contributed by atoms with Gasteiger partial charge in [0.25, 0.3) is 0 Å². The Bertz CT molecular complexity index is 603. The highest BCUT2D eigenvalue weighted by atomic mass is 16.5. The van der Waals surface area contributed by atoms with Gasteiger partial charge in [0.05, 0.1) is 0 Å². The number of hydrogen-bond donors (Lipinski definition) is 1. The van der Waals surface area contributed by atoms with E-state index in [0.29, 0.717) is 5.06 Å². The minimum absolute atomic E-state index is 0.0668. The second kappa shape index (κ2) is 36.7. The Kier molecular flexibility index (Phi) is 35.9. The molecule has 0 saturated heterocycles. The fourth-order valence-electron chi connectivity index (χ4n) is 6.60. The summed E-state index contributed by atoms with van der Waals surface area (Å²) < 4.78 is 0. The quantitative estimate of drug-likeness (QED) is 0.0413. The Morgan fingerprint density at radius 1 is 0.370 bits per heavy atom. The van der Waals surface area contributed by atoms with Crippen LogP contribution in [0.4, 0.5) is 0 Å². The summed E-state index contributed by atoms with van der Waals surface area (Å²) in [5, 5.41) is 9.95. The molecule has 0 fully saturated rings. The number of hydroxylamine groups is 2. The molecule has 0 aromatic rings. The topological polar surface area (TPSA) is 60.9 Å². The number of unbranched alkanes of at least 4 members (excludes halogenated alkanes) is 30. The van der Waals surface area contributed by atoms with E-state index in [0.717, 1.165) is 25.9 Å². The molecule has 0 aromatic heterocycles. The van der Waals surface area contributed by atoms with Gasteiger partial charge < -0.3 is 4.90 Å². The van der Waals surface area contributed by atoms with E-state index in [1.807, 2.05) is 4.90 Å². The zero-order valence-electron chi connectivity index (χ0n) is 31.6. The van der Waals surface area contributed by atoms with Gasteiger partial charge >= 0.3 is 0 Å². The molecule has 46 heavy (non-hydrogen) atoms. The Labute approximate surface area is 288 Å². The third kappa shape index (κ3) is 32.8. The highest BCUT2D eigenvalue weighted by Gasteiger charge is 2.16. The predicted molar refractivity (Wildman–Crippen MR) is 199 cm³/mol. The second-order valence-corrected chi connectivity index (χ2v) is 14.4. The lowest BCUT2D eigenvalue weighted by Crippen LogP contribution is -2.34. The first-order valence-corrected chi connectivity index (χ1v) is 20.8. The third-order valence-corrected chi connectivity index (χ3v) is 9.83. The van der Waals surface area contributed by atoms with E-state index >= 15 is 0 Å². The van der Waals surface area contributed by atoms with E-state index in [4.69, 9.17) is 0 Å². The Morgan fingerprint density at radius 2 is 0.587 bits per heavy atom. The van der Waals surface area contributed by atoms with Crippen molar-refractivity contribution >= 4 is 11.8 Å². The molecule has 0 saturated carbocycles. The van der Waals surface area contributed by atoms with Crippen LogP contribution in [0, 0.1) is 0 Å². The maximum Gasteiger partial charge on any atom is 0.246 e. The molecule has 5 nitrogen and oxygen atoms in total. The Hall–Kier alpha value is -1.10. The van der Waals surface area contributed by atoms with Gasteiger partial charge in [0.15, 0.2) is 0 Å². The first-order chi connectivity index (χ1) is 22.5. The van der Waals surface area contributed by atoms with Crippen molar-refractivity contribution in [3.63, 3.8) is 0 Å². The molecule has 274 valence electrons. The number of hydrogen-bond acceptors (Lipinski definition) is 3. The monoisotopic (exact) mass is 651 g/mol. The average Bonchev–Trinajstić information content (AvgIpc) is 3.05. The van der Waals surface area contributed by atoms with Crippen molar-refractivity contribution < 1.29 is 14.8 Å². The Morgan fingerprint density at radius 3 is 0.826 bits per heavy atom. The van der Waals surface area contributed by atoms with Crippen molar-refractivity contribution in [3.8, 4) is 0 Å². The lowest BCUT2D eigenvalue weighted by molar-refractivity contribution is -0.160. The molecule has 0 unspecified atom stereocenters. The normalized spacial score (nSPS) is 11.3. The molecule has 0 atom stereocenters. The van der Waals surface area contributed by atoms with E-state index in [-0.39, 0.29) is 18.7 Å². The summed E-state index contributed by atoms with van der Waals surface area (Å²) in [6, 6.07) is 0. The van der Waals surface area contributed by atoms with E-state index in [9.17, 15) is 14.8 Å². The van der Waals surface area contributed by atoms with Crippen molar-refractivity contribution in [2.24, 2.45) is 0 Å². The average molecular weight is 651 g/mol. The highest BCUT2D eigenvalue weighted by molar-refractivity contribution is 5.83. The van der Waals surface area contributed by atoms with Crippen LogP contribution in [0.5, 0.6) is 0 Å². The molecule has 0 spiro atoms. The summed E-state index contributed by atoms with van der Waals surface area (Å²) in [7, 11) is 1.33. The van der Waals surface area contributed by atoms with Gasteiger partial charge in [-0.05, 0) is 12.8 Å². The van der Waals surface area contributed by atoms with Crippen LogP contribution < -0.4 is 0 Å². The predicted octanol–water partition coefficient (Wildman–Crippen LogP) is 13.0. The number of carbonyl (C=O) groups excluding carboxylic acids is 2. The maximum absolute atomic E-state index is 12.9. The fraction of sp³-hybridized carbons (Fsp3) is 0.951. The first-order valence-electron chi connectivity index (χ1n) is 20.8. The fourth-order valence-corrected chi connectivity index (χ4v) is 6.60. The molecule has 0 aromatic carbocycles. The molecule has 0 bridgehead atoms. The standard InChI is InChI=1S/C41H82N2O3/c1-4-6-8-10-12-14-16-18-20-22-24-26-28-30-32-34-38-43(41(45)37-36-40(44)42(3)46)39-35-33-31-29-27-25-23-21-19-17-15-13-11-9-7-5-2/h46H,4-39H2,1-3H3. The van der Waals surface area contributed by atoms with E-state index < -0.39 is 5.91 Å². The Balaban J connectivity index is 3.91. The molecule has 0 rings (SSSR count). The molecule has 0 aliphatic carbocycles. The summed E-state index contributed by atoms with van der Waals surface area (Å²) in [5.41, 5.74) is 0. The molecule has 0 aliphatic rings. The maximum atomic E-state index is 12.9. The van der Waals surface area contributed by atoms with Gasteiger partial charge in [-0.2, -0.15) is 0 Å². The van der Waals surface area contributed by atoms with Gasteiger partial charge in [0, 0.05) is 33.0 Å². The first kappa shape index (κ1) is 44.9. The minimum Gasteiger partial charge on any atom is -0.343 e. The van der Waals surface area contributed by atoms with Crippen LogP contribution in [-0.4, -0.2) is 47.1 Å². The zero-order chi connectivity index (χ0) is 33.8. The van der Waals surface area contributed by atoms with Crippen molar-refractivity contribution in [2.75, 3.05) is 20.1 Å². The summed E-state index contributed by atoms with van der Waals surface area (Å²) in [5.74, 6) is -0.324. The zero-order valence-corrected chi connectivity index (χ0v) is 31.6. The van der Waals surface area contributed by atoms with Crippen molar-refractivity contribution in [3.05, 3.63) is 0 Å². The van der Waals surface area contributed by atoms with Crippen LogP contribution in [0.25, 0.3) is 0 Å². The van der Waals surface area contributed by atoms with Crippen LogP contribution in [0.3, 0.4) is 0 Å². The van der Waals surface area contributed by atoms with Crippen LogP contribution in [-0.2, 0) is 9.59 Å². The second-order valence-electron chi connectivity index (χ2n) is 14.4. The van der Waals surface area contributed by atoms with Gasteiger partial charge in [0.2, 0.25) is 11.8 Å². The molecule has 0 heterocycles. The van der Waals surface area contributed by atoms with Gasteiger partial charge in [-0.3, -0.25) is 14.8 Å². The summed E-state index contributed by atoms with van der Waals surface area (Å²) >= 11 is 0. The molecule has 1 N–H and O–H groups in total. The van der Waals surface area contributed by atoms with Crippen molar-refractivity contribution in [2.45, 2.75) is 232 Å². The molecule has 5 heteroatoms. The summed E-state index contributed by atoms with van der Waals surface area (Å²) in [6.45, 7) is 6.18. The number of nitrogens with zero attached hydrogens (tertiary/aromatic N) is 2. The summed E-state index contributed by atoms with van der Waals surface area (Å²) in [6.07, 6.45) is 43.5. The summed E-state index contributed by atoms with van der Waals surface area (Å²) in [4.78, 5) is 26.7. The molecular formula is C41H82N2O3. The molecule has 0 radical (unpaired) electrons. The van der Waals surface area contributed by atoms with E-state index in [2.05, 4.69) is 13.8 Å². The smallest absolute Gasteiger partial charge is 0.246 e. The lowest BCUT2D eigenvalue weighted by Gasteiger charge is -2.23. The van der Waals surface area contributed by atoms with Crippen molar-refractivity contribution in [1.82, 2.24) is 9.96 Å². The van der Waals surface area contributed by atoms with Crippen LogP contribution in [0.2, 0.25) is 0 Å². The number of amides is 2. The highest BCUT2D eigenvalue weighted by Crippen LogP contribution is 2.16. The van der Waals surface area contributed by atoms with Crippen LogP contribution in [0.1, 0.15) is 232 Å². The lowest BCUT2D eigenvalue weighted by atomic mass is 10.0. The molecule has 0 aliphatic heterocycles. The van der Waals surface area contributed by atoms with Gasteiger partial charge in [-0.1, -0.05) is 206 Å². The number of rotatable bonds is 37. The molecular weight excluding hydrogens is 568 g/mol. The SMILES string of the molecule is CCCCCCCCCCCCCCCCCCN(CCCCCCCCCCCCCCCCCC)C(=O)CCC(=O)N(C)O. The van der Waals surface area contributed by atoms with Crippen molar-refractivity contribution in [1.29, 1.82) is 0 Å². The van der Waals surface area contributed by atoms with Gasteiger partial charge in [-0.15, -0.1) is 0 Å². The van der Waals surface area contributed by atoms with E-state index in [1.54, 1.807) is 0 Å². The van der Waals surface area contributed by atoms with E-state index in [1.165, 1.54) is 200 Å². The van der Waals surface area contributed by atoms with Gasteiger partial charge in [0.1, 0.15) is 0 Å². The number of carbonyl (C=O) groups is 2. The van der Waals surface area contributed by atoms with Gasteiger partial charge in [-0.25, -0.2) is 5.06 Å². The molecule has 2 amide bonds. The minimum atomic E-state index is -0.391.